The molecule has 25 heavy (non-hydrogen) atoms. The van der Waals surface area contributed by atoms with Gasteiger partial charge in [-0.3, -0.25) is 4.79 Å². The van der Waals surface area contributed by atoms with Crippen LogP contribution < -0.4 is 10.9 Å². The van der Waals surface area contributed by atoms with Gasteiger partial charge >= 0.3 is 5.63 Å². The van der Waals surface area contributed by atoms with Gasteiger partial charge < -0.3 is 14.3 Å². The van der Waals surface area contributed by atoms with Crippen molar-refractivity contribution in [3.05, 3.63) is 59.2 Å². The van der Waals surface area contributed by atoms with E-state index in [0.717, 1.165) is 16.1 Å². The molecule has 0 aliphatic rings. The molecule has 0 atom stereocenters. The molecule has 0 aliphatic heterocycles. The maximum absolute atomic E-state index is 11.9. The molecule has 3 rings (SSSR count). The van der Waals surface area contributed by atoms with E-state index in [1.54, 1.807) is 24.5 Å². The summed E-state index contributed by atoms with van der Waals surface area (Å²) in [4.78, 5) is 23.0. The van der Waals surface area contributed by atoms with Crippen LogP contribution in [0.3, 0.4) is 0 Å². The molecule has 1 amide bonds. The Morgan fingerprint density at radius 3 is 3.04 bits per heavy atom. The number of carbonyl (C=O) groups is 1. The summed E-state index contributed by atoms with van der Waals surface area (Å²) in [5.41, 5.74) is 1.41. The Balaban J connectivity index is 1.90. The Kier molecular flexibility index (Phi) is 4.99. The van der Waals surface area contributed by atoms with E-state index < -0.39 is 5.63 Å². The minimum atomic E-state index is -0.435. The molecule has 2 heterocycles. The molecule has 1 N–H and O–H groups in total. The zero-order valence-electron chi connectivity index (χ0n) is 13.6. The number of allylic oxidation sites excluding steroid dienone is 1. The molecular formula is C17H16N4O3S. The Bertz CT molecular complexity index is 993. The van der Waals surface area contributed by atoms with Crippen molar-refractivity contribution in [1.82, 2.24) is 14.8 Å². The molecule has 0 saturated carbocycles. The third-order valence-corrected chi connectivity index (χ3v) is 4.44. The Morgan fingerprint density at radius 1 is 1.44 bits per heavy atom. The van der Waals surface area contributed by atoms with Crippen molar-refractivity contribution >= 4 is 34.3 Å². The molecule has 0 saturated heterocycles. The van der Waals surface area contributed by atoms with Crippen molar-refractivity contribution in [3.63, 3.8) is 0 Å². The molecular weight excluding hydrogens is 340 g/mol. The van der Waals surface area contributed by atoms with Gasteiger partial charge in [0.1, 0.15) is 11.9 Å². The molecule has 0 radical (unpaired) electrons. The van der Waals surface area contributed by atoms with Gasteiger partial charge in [-0.25, -0.2) is 4.79 Å². The van der Waals surface area contributed by atoms with Crippen LogP contribution in [0.15, 0.2) is 57.6 Å². The predicted octanol–water partition coefficient (Wildman–Crippen LogP) is 2.82. The predicted molar refractivity (Wildman–Crippen MR) is 96.6 cm³/mol. The molecule has 7 nitrogen and oxygen atoms in total. The monoisotopic (exact) mass is 356 g/mol. The fourth-order valence-corrected chi connectivity index (χ4v) is 3.31. The number of aromatic nitrogens is 3. The van der Waals surface area contributed by atoms with Crippen LogP contribution in [0.25, 0.3) is 11.0 Å². The van der Waals surface area contributed by atoms with Gasteiger partial charge in [0.05, 0.1) is 0 Å². The van der Waals surface area contributed by atoms with Crippen molar-refractivity contribution in [2.75, 3.05) is 5.32 Å². The van der Waals surface area contributed by atoms with E-state index in [1.165, 1.54) is 24.8 Å². The first-order chi connectivity index (χ1) is 12.1. The van der Waals surface area contributed by atoms with Crippen LogP contribution in [-0.4, -0.2) is 20.7 Å². The molecule has 8 heteroatoms. The molecule has 0 fully saturated rings. The number of carbonyl (C=O) groups excluding carboxylic acids is 1. The molecule has 128 valence electrons. The van der Waals surface area contributed by atoms with Gasteiger partial charge in [0.25, 0.3) is 0 Å². The molecule has 0 bridgehead atoms. The van der Waals surface area contributed by atoms with E-state index in [2.05, 4.69) is 22.1 Å². The molecule has 2 aromatic heterocycles. The number of nitrogens with zero attached hydrogens (tertiary/aromatic N) is 3. The van der Waals surface area contributed by atoms with Gasteiger partial charge in [-0.15, -0.1) is 16.8 Å². The summed E-state index contributed by atoms with van der Waals surface area (Å²) in [5.74, 6) is 0.354. The van der Waals surface area contributed by atoms with Crippen molar-refractivity contribution < 1.29 is 9.21 Å². The highest BCUT2D eigenvalue weighted by Gasteiger charge is 2.10. The summed E-state index contributed by atoms with van der Waals surface area (Å²) in [7, 11) is 0. The van der Waals surface area contributed by atoms with E-state index in [1.807, 2.05) is 10.6 Å². The van der Waals surface area contributed by atoms with Gasteiger partial charge in [-0.1, -0.05) is 17.8 Å². The number of amides is 1. The van der Waals surface area contributed by atoms with Gasteiger partial charge in [0.2, 0.25) is 5.91 Å². The molecule has 1 aromatic carbocycles. The third kappa shape index (κ3) is 3.97. The number of hydrogen-bond acceptors (Lipinski definition) is 6. The Hall–Kier alpha value is -2.87. The van der Waals surface area contributed by atoms with Crippen LogP contribution in [0.4, 0.5) is 5.69 Å². The molecule has 0 aliphatic carbocycles. The lowest BCUT2D eigenvalue weighted by Crippen LogP contribution is -2.06. The van der Waals surface area contributed by atoms with Gasteiger partial charge in [-0.05, 0) is 17.7 Å². The largest absolute Gasteiger partial charge is 0.423 e. The molecule has 0 unspecified atom stereocenters. The first kappa shape index (κ1) is 17.0. The fourth-order valence-electron chi connectivity index (χ4n) is 2.39. The Morgan fingerprint density at radius 2 is 2.28 bits per heavy atom. The van der Waals surface area contributed by atoms with Crippen molar-refractivity contribution in [1.29, 1.82) is 0 Å². The minimum Gasteiger partial charge on any atom is -0.423 e. The first-order valence-electron chi connectivity index (χ1n) is 7.52. The topological polar surface area (TPSA) is 90.0 Å². The van der Waals surface area contributed by atoms with Crippen LogP contribution >= 0.6 is 11.8 Å². The zero-order chi connectivity index (χ0) is 17.8. The van der Waals surface area contributed by atoms with Crippen LogP contribution in [0.5, 0.6) is 0 Å². The van der Waals surface area contributed by atoms with Gasteiger partial charge in [0, 0.05) is 42.4 Å². The fraction of sp³-hybridized carbons (Fsp3) is 0.176. The summed E-state index contributed by atoms with van der Waals surface area (Å²) >= 11 is 1.48. The highest BCUT2D eigenvalue weighted by Crippen LogP contribution is 2.27. The highest BCUT2D eigenvalue weighted by molar-refractivity contribution is 7.98. The minimum absolute atomic E-state index is 0.185. The van der Waals surface area contributed by atoms with Gasteiger partial charge in [-0.2, -0.15) is 0 Å². The van der Waals surface area contributed by atoms with Crippen LogP contribution in [-0.2, 0) is 17.1 Å². The lowest BCUT2D eigenvalue weighted by molar-refractivity contribution is -0.114. The smallest absolute Gasteiger partial charge is 0.336 e. The second-order valence-corrected chi connectivity index (χ2v) is 6.27. The lowest BCUT2D eigenvalue weighted by atomic mass is 10.1. The van der Waals surface area contributed by atoms with E-state index in [4.69, 9.17) is 4.42 Å². The average Bonchev–Trinajstić information content (AvgIpc) is 2.99. The summed E-state index contributed by atoms with van der Waals surface area (Å²) < 4.78 is 7.14. The maximum atomic E-state index is 11.9. The number of hydrogen-bond donors (Lipinski definition) is 1. The second-order valence-electron chi connectivity index (χ2n) is 5.33. The summed E-state index contributed by atoms with van der Waals surface area (Å²) in [6.45, 7) is 5.75. The summed E-state index contributed by atoms with van der Waals surface area (Å²) in [5, 5.41) is 12.2. The normalized spacial score (nSPS) is 10.8. The average molecular weight is 356 g/mol. The number of thioether (sulfide) groups is 1. The number of nitrogens with one attached hydrogen (secondary N) is 1. The summed E-state index contributed by atoms with van der Waals surface area (Å²) in [6.07, 6.45) is 3.41. The van der Waals surface area contributed by atoms with E-state index in [-0.39, 0.29) is 5.91 Å². The Labute approximate surface area is 147 Å². The number of benzene rings is 1. The van der Waals surface area contributed by atoms with E-state index in [9.17, 15) is 9.59 Å². The van der Waals surface area contributed by atoms with Crippen LogP contribution in [0, 0.1) is 0 Å². The van der Waals surface area contributed by atoms with Crippen molar-refractivity contribution in [2.24, 2.45) is 0 Å². The van der Waals surface area contributed by atoms with Crippen molar-refractivity contribution in [2.45, 2.75) is 24.4 Å². The third-order valence-electron chi connectivity index (χ3n) is 3.41. The maximum Gasteiger partial charge on any atom is 0.336 e. The van der Waals surface area contributed by atoms with E-state index >= 15 is 0 Å². The lowest BCUT2D eigenvalue weighted by Gasteiger charge is -2.08. The standard InChI is InChI=1S/C17H16N4O3S/c1-3-6-21-10-18-20-17(21)25-9-12-7-16(23)24-15-8-13(19-11(2)22)4-5-14(12)15/h3-5,7-8,10H,1,6,9H2,2H3,(H,19,22). The first-order valence-corrected chi connectivity index (χ1v) is 8.51. The SMILES string of the molecule is C=CCn1cnnc1SCc1cc(=O)oc2cc(NC(C)=O)ccc12. The number of fused-ring (bicyclic) bond motifs is 1. The quantitative estimate of drug-likeness (QED) is 0.415. The highest BCUT2D eigenvalue weighted by atomic mass is 32.2. The molecule has 3 aromatic rings. The molecule has 0 spiro atoms. The number of anilines is 1. The zero-order valence-corrected chi connectivity index (χ0v) is 14.4. The van der Waals surface area contributed by atoms with E-state index in [0.29, 0.717) is 23.6 Å². The van der Waals surface area contributed by atoms with Gasteiger partial charge in [0.15, 0.2) is 5.16 Å². The van der Waals surface area contributed by atoms with Crippen LogP contribution in [0.2, 0.25) is 0 Å². The van der Waals surface area contributed by atoms with Crippen molar-refractivity contribution in [3.8, 4) is 0 Å². The van der Waals surface area contributed by atoms with Crippen LogP contribution in [0.1, 0.15) is 12.5 Å². The number of rotatable bonds is 6. The second kappa shape index (κ2) is 7.35. The summed E-state index contributed by atoms with van der Waals surface area (Å²) in [6, 6.07) is 6.72.